The summed E-state index contributed by atoms with van der Waals surface area (Å²) in [7, 11) is 5.66. The van der Waals surface area contributed by atoms with E-state index in [1.165, 1.54) is 13.2 Å². The molecule has 0 saturated carbocycles. The second-order valence-electron chi connectivity index (χ2n) is 8.90. The summed E-state index contributed by atoms with van der Waals surface area (Å²) in [6.45, 7) is 1.47. The lowest BCUT2D eigenvalue weighted by Gasteiger charge is -2.36. The van der Waals surface area contributed by atoms with Gasteiger partial charge in [0.1, 0.15) is 17.1 Å². The van der Waals surface area contributed by atoms with Crippen molar-refractivity contribution in [1.29, 1.82) is 0 Å². The largest absolute Gasteiger partial charge is 0.494 e. The van der Waals surface area contributed by atoms with Crippen LogP contribution in [0.15, 0.2) is 53.2 Å². The number of nitrogens with zero attached hydrogens (tertiary/aromatic N) is 6. The third-order valence-electron chi connectivity index (χ3n) is 6.55. The van der Waals surface area contributed by atoms with Gasteiger partial charge in [-0.1, -0.05) is 17.3 Å². The third kappa shape index (κ3) is 4.52. The molecule has 1 saturated heterocycles. The summed E-state index contributed by atoms with van der Waals surface area (Å²) in [5.74, 6) is 0.720. The molecule has 1 N–H and O–H groups in total. The van der Waals surface area contributed by atoms with E-state index in [1.54, 1.807) is 18.3 Å². The Kier molecular flexibility index (Phi) is 6.38. The minimum absolute atomic E-state index is 0.000234. The van der Waals surface area contributed by atoms with Crippen molar-refractivity contribution in [1.82, 2.24) is 20.0 Å². The van der Waals surface area contributed by atoms with Crippen molar-refractivity contribution in [2.24, 2.45) is 0 Å². The first kappa shape index (κ1) is 23.5. The van der Waals surface area contributed by atoms with E-state index in [0.717, 1.165) is 31.3 Å². The molecule has 2 aromatic carbocycles. The van der Waals surface area contributed by atoms with Gasteiger partial charge in [-0.2, -0.15) is 0 Å². The van der Waals surface area contributed by atoms with Crippen LogP contribution in [-0.2, 0) is 0 Å². The molecule has 0 radical (unpaired) electrons. The van der Waals surface area contributed by atoms with Gasteiger partial charge in [0.2, 0.25) is 5.95 Å². The molecule has 11 nitrogen and oxygen atoms in total. The molecule has 36 heavy (non-hydrogen) atoms. The first-order chi connectivity index (χ1) is 17.4. The standard InChI is InChI=1S/C25H27N7O4/c1-30(2)16-9-12-31(13-10-16)20-15-23(35-3)19(14-21(20)32(33)34)28-25-26-11-8-18(27-25)24-17-6-4-5-7-22(17)36-29-24/h4-8,11,14-16H,9-10,12-13H2,1-3H3,(H,26,27,28). The summed E-state index contributed by atoms with van der Waals surface area (Å²) in [5.41, 5.74) is 2.75. The summed E-state index contributed by atoms with van der Waals surface area (Å²) < 4.78 is 11.0. The minimum Gasteiger partial charge on any atom is -0.494 e. The fourth-order valence-electron chi connectivity index (χ4n) is 4.59. The maximum absolute atomic E-state index is 12.0. The Labute approximate surface area is 207 Å². The molecule has 5 rings (SSSR count). The van der Waals surface area contributed by atoms with Crippen molar-refractivity contribution in [3.05, 3.63) is 58.8 Å². The van der Waals surface area contributed by atoms with Gasteiger partial charge in [0.25, 0.3) is 5.69 Å². The van der Waals surface area contributed by atoms with E-state index in [4.69, 9.17) is 9.26 Å². The number of aromatic nitrogens is 3. The molecular weight excluding hydrogens is 462 g/mol. The van der Waals surface area contributed by atoms with Crippen LogP contribution in [0.25, 0.3) is 22.4 Å². The van der Waals surface area contributed by atoms with E-state index in [-0.39, 0.29) is 16.6 Å². The number of anilines is 3. The Morgan fingerprint density at radius 3 is 2.69 bits per heavy atom. The highest BCUT2D eigenvalue weighted by Crippen LogP contribution is 2.40. The Balaban J connectivity index is 1.45. The molecule has 0 atom stereocenters. The zero-order chi connectivity index (χ0) is 25.2. The average molecular weight is 490 g/mol. The van der Waals surface area contributed by atoms with Crippen LogP contribution in [0.3, 0.4) is 0 Å². The van der Waals surface area contributed by atoms with Crippen molar-refractivity contribution in [2.45, 2.75) is 18.9 Å². The molecule has 1 fully saturated rings. The number of para-hydroxylation sites is 1. The third-order valence-corrected chi connectivity index (χ3v) is 6.55. The molecule has 0 bridgehead atoms. The van der Waals surface area contributed by atoms with Crippen molar-refractivity contribution >= 4 is 34.0 Å². The highest BCUT2D eigenvalue weighted by molar-refractivity contribution is 5.90. The number of ether oxygens (including phenoxy) is 1. The molecule has 0 unspecified atom stereocenters. The monoisotopic (exact) mass is 489 g/mol. The van der Waals surface area contributed by atoms with Gasteiger partial charge in [-0.3, -0.25) is 10.1 Å². The maximum atomic E-state index is 12.0. The number of rotatable bonds is 7. The summed E-state index contributed by atoms with van der Waals surface area (Å²) >= 11 is 0. The number of nitro groups is 1. The normalized spacial score (nSPS) is 14.4. The van der Waals surface area contributed by atoms with Gasteiger partial charge in [0.05, 0.1) is 28.8 Å². The van der Waals surface area contributed by atoms with E-state index in [0.29, 0.717) is 40.1 Å². The number of fused-ring (bicyclic) bond motifs is 1. The van der Waals surface area contributed by atoms with Crippen LogP contribution in [0.2, 0.25) is 0 Å². The summed E-state index contributed by atoms with van der Waals surface area (Å²) in [4.78, 5) is 24.8. The molecule has 0 amide bonds. The Morgan fingerprint density at radius 1 is 1.19 bits per heavy atom. The highest BCUT2D eigenvalue weighted by atomic mass is 16.6. The molecule has 186 valence electrons. The van der Waals surface area contributed by atoms with Crippen LogP contribution >= 0.6 is 0 Å². The quantitative estimate of drug-likeness (QED) is 0.294. The van der Waals surface area contributed by atoms with Gasteiger partial charge in [-0.25, -0.2) is 9.97 Å². The maximum Gasteiger partial charge on any atom is 0.294 e. The summed E-state index contributed by atoms with van der Waals surface area (Å²) in [6.07, 6.45) is 3.46. The van der Waals surface area contributed by atoms with Gasteiger partial charge < -0.3 is 24.4 Å². The first-order valence-electron chi connectivity index (χ1n) is 11.7. The second-order valence-corrected chi connectivity index (χ2v) is 8.90. The number of hydrogen-bond donors (Lipinski definition) is 1. The van der Waals surface area contributed by atoms with E-state index < -0.39 is 0 Å². The van der Waals surface area contributed by atoms with E-state index in [9.17, 15) is 10.1 Å². The van der Waals surface area contributed by atoms with Crippen LogP contribution in [0, 0.1) is 10.1 Å². The molecule has 1 aliphatic heterocycles. The summed E-state index contributed by atoms with van der Waals surface area (Å²) in [6, 6.07) is 12.9. The lowest BCUT2D eigenvalue weighted by Crippen LogP contribution is -2.42. The van der Waals surface area contributed by atoms with Crippen LogP contribution < -0.4 is 15.0 Å². The van der Waals surface area contributed by atoms with E-state index >= 15 is 0 Å². The number of methoxy groups -OCH3 is 1. The predicted octanol–water partition coefficient (Wildman–Crippen LogP) is 4.48. The highest BCUT2D eigenvalue weighted by Gasteiger charge is 2.28. The average Bonchev–Trinajstić information content (AvgIpc) is 3.33. The van der Waals surface area contributed by atoms with E-state index in [1.807, 2.05) is 24.3 Å². The molecule has 11 heteroatoms. The number of hydrogen-bond acceptors (Lipinski definition) is 10. The number of benzene rings is 2. The van der Waals surface area contributed by atoms with Crippen LogP contribution in [0.1, 0.15) is 12.8 Å². The van der Waals surface area contributed by atoms with Gasteiger partial charge in [-0.15, -0.1) is 0 Å². The van der Waals surface area contributed by atoms with Crippen molar-refractivity contribution in [3.8, 4) is 17.1 Å². The first-order valence-corrected chi connectivity index (χ1v) is 11.7. The Hall–Kier alpha value is -4.25. The zero-order valence-electron chi connectivity index (χ0n) is 20.3. The SMILES string of the molecule is COc1cc(N2CCC(N(C)C)CC2)c([N+](=O)[O-])cc1Nc1nccc(-c2noc3ccccc23)n1. The fraction of sp³-hybridized carbons (Fsp3) is 0.320. The number of nitro benzene ring substituents is 1. The molecule has 1 aliphatic rings. The predicted molar refractivity (Wildman–Crippen MR) is 137 cm³/mol. The van der Waals surface area contributed by atoms with Crippen LogP contribution in [-0.4, -0.2) is 65.3 Å². The smallest absolute Gasteiger partial charge is 0.294 e. The number of piperidine rings is 1. The van der Waals surface area contributed by atoms with Crippen molar-refractivity contribution in [2.75, 3.05) is 44.5 Å². The lowest BCUT2D eigenvalue weighted by molar-refractivity contribution is -0.384. The Bertz CT molecular complexity index is 1400. The molecule has 3 heterocycles. The lowest BCUT2D eigenvalue weighted by atomic mass is 10.0. The Morgan fingerprint density at radius 2 is 1.97 bits per heavy atom. The second kappa shape index (κ2) is 9.78. The fourth-order valence-corrected chi connectivity index (χ4v) is 4.59. The molecule has 2 aromatic heterocycles. The number of nitrogens with one attached hydrogen (secondary N) is 1. The van der Waals surface area contributed by atoms with Crippen LogP contribution in [0.5, 0.6) is 5.75 Å². The van der Waals surface area contributed by atoms with Gasteiger partial charge in [0, 0.05) is 37.5 Å². The molecule has 0 spiro atoms. The molecular formula is C25H27N7O4. The zero-order valence-corrected chi connectivity index (χ0v) is 20.3. The van der Waals surface area contributed by atoms with Crippen LogP contribution in [0.4, 0.5) is 23.0 Å². The van der Waals surface area contributed by atoms with Crippen molar-refractivity contribution in [3.63, 3.8) is 0 Å². The van der Waals surface area contributed by atoms with Crippen molar-refractivity contribution < 1.29 is 14.2 Å². The molecule has 4 aromatic rings. The van der Waals surface area contributed by atoms with Gasteiger partial charge in [0.15, 0.2) is 5.58 Å². The topological polar surface area (TPSA) is 123 Å². The minimum atomic E-state index is -0.364. The molecule has 0 aliphatic carbocycles. The van der Waals surface area contributed by atoms with E-state index in [2.05, 4.69) is 44.3 Å². The van der Waals surface area contributed by atoms with Gasteiger partial charge >= 0.3 is 0 Å². The summed E-state index contributed by atoms with van der Waals surface area (Å²) in [5, 5.41) is 20.1. The van der Waals surface area contributed by atoms with Gasteiger partial charge in [-0.05, 0) is 45.1 Å².